The second kappa shape index (κ2) is 6.01. The Labute approximate surface area is 103 Å². The lowest BCUT2D eigenvalue weighted by Crippen LogP contribution is -2.17. The van der Waals surface area contributed by atoms with Crippen molar-refractivity contribution < 1.29 is 4.74 Å². The zero-order valence-corrected chi connectivity index (χ0v) is 10.6. The summed E-state index contributed by atoms with van der Waals surface area (Å²) in [5.74, 6) is 1.42. The second-order valence-electron chi connectivity index (χ2n) is 5.00. The van der Waals surface area contributed by atoms with Crippen molar-refractivity contribution in [2.24, 2.45) is 11.7 Å². The minimum atomic E-state index is -0.0231. The molecule has 1 atom stereocenters. The predicted molar refractivity (Wildman–Crippen MR) is 68.9 cm³/mol. The molecule has 3 heteroatoms. The summed E-state index contributed by atoms with van der Waals surface area (Å²) >= 11 is 0. The molecule has 1 aliphatic rings. The van der Waals surface area contributed by atoms with Crippen LogP contribution in [-0.2, 0) is 0 Å². The molecule has 94 valence electrons. The third-order valence-corrected chi connectivity index (χ3v) is 3.47. The number of nitrogens with zero attached hydrogens (tertiary/aromatic N) is 1. The van der Waals surface area contributed by atoms with Crippen LogP contribution in [0.2, 0.25) is 0 Å². The zero-order valence-electron chi connectivity index (χ0n) is 10.6. The van der Waals surface area contributed by atoms with E-state index < -0.39 is 0 Å². The molecule has 0 saturated heterocycles. The Hall–Kier alpha value is -1.09. The number of nitrogens with two attached hydrogens (primary N) is 1. The van der Waals surface area contributed by atoms with E-state index in [1.165, 1.54) is 32.1 Å². The van der Waals surface area contributed by atoms with Gasteiger partial charge in [0.25, 0.3) is 0 Å². The molecule has 1 aromatic heterocycles. The van der Waals surface area contributed by atoms with E-state index in [1.54, 1.807) is 6.20 Å². The predicted octanol–water partition coefficient (Wildman–Crippen LogP) is 3.06. The van der Waals surface area contributed by atoms with E-state index >= 15 is 0 Å². The van der Waals surface area contributed by atoms with E-state index in [1.807, 2.05) is 19.1 Å². The minimum Gasteiger partial charge on any atom is -0.477 e. The lowest BCUT2D eigenvalue weighted by Gasteiger charge is -2.22. The van der Waals surface area contributed by atoms with Gasteiger partial charge in [0.2, 0.25) is 5.88 Å². The van der Waals surface area contributed by atoms with Gasteiger partial charge in [-0.1, -0.05) is 25.3 Å². The maximum atomic E-state index is 5.90. The molecular formula is C14H22N2O. The van der Waals surface area contributed by atoms with Gasteiger partial charge in [0.05, 0.1) is 6.61 Å². The average molecular weight is 234 g/mol. The first kappa shape index (κ1) is 12.4. The highest BCUT2D eigenvalue weighted by atomic mass is 16.5. The Balaban J connectivity index is 1.93. The monoisotopic (exact) mass is 234 g/mol. The van der Waals surface area contributed by atoms with Gasteiger partial charge in [0, 0.05) is 17.8 Å². The summed E-state index contributed by atoms with van der Waals surface area (Å²) in [6.45, 7) is 2.75. The maximum Gasteiger partial charge on any atom is 0.218 e. The van der Waals surface area contributed by atoms with Crippen LogP contribution in [0.1, 0.15) is 50.6 Å². The first-order valence-corrected chi connectivity index (χ1v) is 6.60. The molecule has 1 heterocycles. The van der Waals surface area contributed by atoms with Crippen LogP contribution in [-0.4, -0.2) is 11.6 Å². The van der Waals surface area contributed by atoms with Crippen molar-refractivity contribution in [3.8, 4) is 5.88 Å². The van der Waals surface area contributed by atoms with Crippen molar-refractivity contribution in [2.75, 3.05) is 6.61 Å². The second-order valence-corrected chi connectivity index (χ2v) is 5.00. The van der Waals surface area contributed by atoms with E-state index in [2.05, 4.69) is 4.98 Å². The molecule has 0 aromatic carbocycles. The molecule has 1 saturated carbocycles. The quantitative estimate of drug-likeness (QED) is 0.871. The molecule has 1 fully saturated rings. The van der Waals surface area contributed by atoms with E-state index in [-0.39, 0.29) is 6.04 Å². The van der Waals surface area contributed by atoms with Gasteiger partial charge in [0.1, 0.15) is 0 Å². The van der Waals surface area contributed by atoms with Crippen molar-refractivity contribution in [3.63, 3.8) is 0 Å². The molecule has 0 spiro atoms. The summed E-state index contributed by atoms with van der Waals surface area (Å²) in [5.41, 5.74) is 6.91. The van der Waals surface area contributed by atoms with Gasteiger partial charge in [-0.2, -0.15) is 0 Å². The largest absolute Gasteiger partial charge is 0.477 e. The number of hydrogen-bond donors (Lipinski definition) is 1. The third-order valence-electron chi connectivity index (χ3n) is 3.47. The van der Waals surface area contributed by atoms with Crippen molar-refractivity contribution in [1.29, 1.82) is 0 Å². The lowest BCUT2D eigenvalue weighted by molar-refractivity contribution is 0.200. The summed E-state index contributed by atoms with van der Waals surface area (Å²) in [7, 11) is 0. The first-order valence-electron chi connectivity index (χ1n) is 6.60. The van der Waals surface area contributed by atoms with Gasteiger partial charge < -0.3 is 10.5 Å². The lowest BCUT2D eigenvalue weighted by atomic mass is 9.90. The zero-order chi connectivity index (χ0) is 12.1. The molecule has 0 amide bonds. The molecule has 0 aliphatic heterocycles. The average Bonchev–Trinajstić information content (AvgIpc) is 2.38. The maximum absolute atomic E-state index is 5.90. The molecule has 1 aromatic rings. The van der Waals surface area contributed by atoms with E-state index in [0.29, 0.717) is 11.8 Å². The number of hydrogen-bond acceptors (Lipinski definition) is 3. The van der Waals surface area contributed by atoms with Crippen LogP contribution in [0.25, 0.3) is 0 Å². The van der Waals surface area contributed by atoms with Crippen LogP contribution < -0.4 is 10.5 Å². The minimum absolute atomic E-state index is 0.0231. The summed E-state index contributed by atoms with van der Waals surface area (Å²) < 4.78 is 5.85. The highest BCUT2D eigenvalue weighted by molar-refractivity contribution is 5.28. The van der Waals surface area contributed by atoms with Gasteiger partial charge in [-0.05, 0) is 31.7 Å². The number of rotatable bonds is 4. The Morgan fingerprint density at radius 2 is 2.18 bits per heavy atom. The Bertz CT molecular complexity index is 346. The Morgan fingerprint density at radius 3 is 2.88 bits per heavy atom. The van der Waals surface area contributed by atoms with Crippen molar-refractivity contribution >= 4 is 0 Å². The van der Waals surface area contributed by atoms with Crippen LogP contribution in [0.3, 0.4) is 0 Å². The highest BCUT2D eigenvalue weighted by Gasteiger charge is 2.15. The van der Waals surface area contributed by atoms with Gasteiger partial charge in [0.15, 0.2) is 0 Å². The van der Waals surface area contributed by atoms with Gasteiger partial charge in [-0.15, -0.1) is 0 Å². The standard InChI is InChI=1S/C14H22N2O/c1-11(15)13-8-5-9-16-14(13)17-10-12-6-3-2-4-7-12/h5,8-9,11-12H,2-4,6-7,10,15H2,1H3/t11-/m1/s1. The SMILES string of the molecule is C[C@@H](N)c1cccnc1OCC1CCCCC1. The molecule has 17 heavy (non-hydrogen) atoms. The summed E-state index contributed by atoms with van der Waals surface area (Å²) in [6.07, 6.45) is 8.42. The fourth-order valence-electron chi connectivity index (χ4n) is 2.42. The highest BCUT2D eigenvalue weighted by Crippen LogP contribution is 2.26. The summed E-state index contributed by atoms with van der Waals surface area (Å²) in [6, 6.07) is 3.88. The molecule has 0 radical (unpaired) electrons. The molecule has 1 aliphatic carbocycles. The first-order chi connectivity index (χ1) is 8.27. The van der Waals surface area contributed by atoms with Gasteiger partial charge in [-0.3, -0.25) is 0 Å². The summed E-state index contributed by atoms with van der Waals surface area (Å²) in [4.78, 5) is 4.28. The van der Waals surface area contributed by atoms with Crippen LogP contribution in [0.15, 0.2) is 18.3 Å². The molecule has 3 nitrogen and oxygen atoms in total. The van der Waals surface area contributed by atoms with E-state index in [0.717, 1.165) is 12.2 Å². The Morgan fingerprint density at radius 1 is 1.41 bits per heavy atom. The molecule has 2 N–H and O–H groups in total. The van der Waals surface area contributed by atoms with Crippen LogP contribution in [0.4, 0.5) is 0 Å². The topological polar surface area (TPSA) is 48.1 Å². The van der Waals surface area contributed by atoms with Gasteiger partial charge in [-0.25, -0.2) is 4.98 Å². The van der Waals surface area contributed by atoms with Crippen LogP contribution >= 0.6 is 0 Å². The molecular weight excluding hydrogens is 212 g/mol. The third kappa shape index (κ3) is 3.43. The number of ether oxygens (including phenoxy) is 1. The molecule has 0 bridgehead atoms. The van der Waals surface area contributed by atoms with Crippen molar-refractivity contribution in [1.82, 2.24) is 4.98 Å². The van der Waals surface area contributed by atoms with Crippen LogP contribution in [0, 0.1) is 5.92 Å². The smallest absolute Gasteiger partial charge is 0.218 e. The normalized spacial score (nSPS) is 18.9. The molecule has 0 unspecified atom stereocenters. The fourth-order valence-corrected chi connectivity index (χ4v) is 2.42. The summed E-state index contributed by atoms with van der Waals surface area (Å²) in [5, 5.41) is 0. The van der Waals surface area contributed by atoms with Crippen LogP contribution in [0.5, 0.6) is 5.88 Å². The van der Waals surface area contributed by atoms with E-state index in [9.17, 15) is 0 Å². The van der Waals surface area contributed by atoms with Crippen molar-refractivity contribution in [3.05, 3.63) is 23.9 Å². The number of aromatic nitrogens is 1. The number of pyridine rings is 1. The van der Waals surface area contributed by atoms with E-state index in [4.69, 9.17) is 10.5 Å². The Kier molecular flexibility index (Phi) is 4.37. The van der Waals surface area contributed by atoms with Crippen molar-refractivity contribution in [2.45, 2.75) is 45.1 Å². The fraction of sp³-hybridized carbons (Fsp3) is 0.643. The van der Waals surface area contributed by atoms with Gasteiger partial charge >= 0.3 is 0 Å². The molecule has 2 rings (SSSR count).